The smallest absolute Gasteiger partial charge is 0.137 e. The van der Waals surface area contributed by atoms with Crippen molar-refractivity contribution in [2.45, 2.75) is 6.04 Å². The largest absolute Gasteiger partial charge is 0.472 e. The lowest BCUT2D eigenvalue weighted by atomic mass is 10.0. The molecule has 1 aromatic heterocycles. The molecule has 0 radical (unpaired) electrons. The number of halogens is 2. The van der Waals surface area contributed by atoms with Crippen LogP contribution in [0.4, 0.5) is 4.39 Å². The molecule has 2 aromatic rings. The van der Waals surface area contributed by atoms with Gasteiger partial charge < -0.3 is 10.2 Å². The second-order valence-electron chi connectivity index (χ2n) is 3.21. The molecule has 2 nitrogen and oxygen atoms in total. The highest BCUT2D eigenvalue weighted by molar-refractivity contribution is 9.10. The van der Waals surface area contributed by atoms with Crippen LogP contribution >= 0.6 is 15.9 Å². The van der Waals surface area contributed by atoms with E-state index in [4.69, 9.17) is 10.2 Å². The highest BCUT2D eigenvalue weighted by atomic mass is 79.9. The Morgan fingerprint density at radius 2 is 2.07 bits per heavy atom. The van der Waals surface area contributed by atoms with Gasteiger partial charge in [0.05, 0.1) is 23.0 Å². The molecular weight excluding hydrogens is 261 g/mol. The minimum Gasteiger partial charge on any atom is -0.472 e. The van der Waals surface area contributed by atoms with Crippen molar-refractivity contribution in [1.82, 2.24) is 0 Å². The standard InChI is InChI=1S/C11H9BrFNO/c12-9-5-7(1-2-10(9)13)11(14)8-3-4-15-6-8/h1-6,11H,14H2. The Morgan fingerprint density at radius 1 is 1.27 bits per heavy atom. The molecule has 0 fully saturated rings. The lowest BCUT2D eigenvalue weighted by Gasteiger charge is -2.10. The Morgan fingerprint density at radius 3 is 2.67 bits per heavy atom. The number of furan rings is 1. The maximum Gasteiger partial charge on any atom is 0.137 e. The third kappa shape index (κ3) is 2.11. The van der Waals surface area contributed by atoms with Gasteiger partial charge in [-0.25, -0.2) is 4.39 Å². The van der Waals surface area contributed by atoms with Crippen LogP contribution in [0, 0.1) is 5.82 Å². The predicted molar refractivity (Wildman–Crippen MR) is 58.8 cm³/mol. The molecule has 0 saturated carbocycles. The van der Waals surface area contributed by atoms with Gasteiger partial charge in [-0.3, -0.25) is 0 Å². The summed E-state index contributed by atoms with van der Waals surface area (Å²) in [5.41, 5.74) is 7.68. The summed E-state index contributed by atoms with van der Waals surface area (Å²) >= 11 is 3.12. The van der Waals surface area contributed by atoms with E-state index in [0.29, 0.717) is 4.47 Å². The normalized spacial score (nSPS) is 12.7. The summed E-state index contributed by atoms with van der Waals surface area (Å²) in [6.45, 7) is 0. The molecule has 2 N–H and O–H groups in total. The number of hydrogen-bond acceptors (Lipinski definition) is 2. The van der Waals surface area contributed by atoms with Crippen LogP contribution in [0.1, 0.15) is 17.2 Å². The van der Waals surface area contributed by atoms with E-state index in [-0.39, 0.29) is 11.9 Å². The summed E-state index contributed by atoms with van der Waals surface area (Å²) < 4.78 is 18.4. The van der Waals surface area contributed by atoms with Crippen molar-refractivity contribution in [2.75, 3.05) is 0 Å². The van der Waals surface area contributed by atoms with E-state index >= 15 is 0 Å². The fourth-order valence-electron chi connectivity index (χ4n) is 1.35. The Balaban J connectivity index is 2.34. The summed E-state index contributed by atoms with van der Waals surface area (Å²) in [4.78, 5) is 0. The quantitative estimate of drug-likeness (QED) is 0.909. The van der Waals surface area contributed by atoms with Crippen molar-refractivity contribution in [3.05, 3.63) is 58.2 Å². The van der Waals surface area contributed by atoms with Gasteiger partial charge in [-0.05, 0) is 39.7 Å². The lowest BCUT2D eigenvalue weighted by Crippen LogP contribution is -2.10. The van der Waals surface area contributed by atoms with Crippen molar-refractivity contribution in [2.24, 2.45) is 5.73 Å². The molecule has 15 heavy (non-hydrogen) atoms. The van der Waals surface area contributed by atoms with E-state index in [1.54, 1.807) is 30.7 Å². The summed E-state index contributed by atoms with van der Waals surface area (Å²) in [5, 5.41) is 0. The van der Waals surface area contributed by atoms with Crippen LogP contribution < -0.4 is 5.73 Å². The van der Waals surface area contributed by atoms with Crippen molar-refractivity contribution < 1.29 is 8.81 Å². The molecule has 1 heterocycles. The Hall–Kier alpha value is -1.13. The van der Waals surface area contributed by atoms with Crippen LogP contribution in [0.5, 0.6) is 0 Å². The van der Waals surface area contributed by atoms with Crippen molar-refractivity contribution in [3.8, 4) is 0 Å². The number of rotatable bonds is 2. The van der Waals surface area contributed by atoms with Crippen LogP contribution in [-0.4, -0.2) is 0 Å². The summed E-state index contributed by atoms with van der Waals surface area (Å²) in [6, 6.07) is 6.23. The summed E-state index contributed by atoms with van der Waals surface area (Å²) in [7, 11) is 0. The van der Waals surface area contributed by atoms with E-state index < -0.39 is 0 Å². The first-order valence-electron chi connectivity index (χ1n) is 4.41. The molecule has 0 aliphatic heterocycles. The SMILES string of the molecule is NC(c1ccoc1)c1ccc(F)c(Br)c1. The van der Waals surface area contributed by atoms with E-state index in [9.17, 15) is 4.39 Å². The highest BCUT2D eigenvalue weighted by Crippen LogP contribution is 2.24. The van der Waals surface area contributed by atoms with Crippen LogP contribution in [-0.2, 0) is 0 Å². The average molecular weight is 270 g/mol. The van der Waals surface area contributed by atoms with Crippen molar-refractivity contribution >= 4 is 15.9 Å². The Labute approximate surface area is 95.0 Å². The van der Waals surface area contributed by atoms with Gasteiger partial charge in [-0.2, -0.15) is 0 Å². The van der Waals surface area contributed by atoms with Crippen LogP contribution in [0.25, 0.3) is 0 Å². The molecule has 0 aliphatic rings. The topological polar surface area (TPSA) is 39.2 Å². The minimum absolute atomic E-state index is 0.291. The fraction of sp³-hybridized carbons (Fsp3) is 0.0909. The maximum atomic E-state index is 13.0. The van der Waals surface area contributed by atoms with E-state index in [1.807, 2.05) is 0 Å². The van der Waals surface area contributed by atoms with Gasteiger partial charge in [0.2, 0.25) is 0 Å². The second-order valence-corrected chi connectivity index (χ2v) is 4.06. The van der Waals surface area contributed by atoms with Crippen LogP contribution in [0.2, 0.25) is 0 Å². The van der Waals surface area contributed by atoms with Crippen molar-refractivity contribution in [3.63, 3.8) is 0 Å². The van der Waals surface area contributed by atoms with Gasteiger partial charge >= 0.3 is 0 Å². The first kappa shape index (κ1) is 10.4. The molecule has 0 spiro atoms. The van der Waals surface area contributed by atoms with Crippen LogP contribution in [0.15, 0.2) is 45.7 Å². The van der Waals surface area contributed by atoms with E-state index in [0.717, 1.165) is 11.1 Å². The van der Waals surface area contributed by atoms with E-state index in [2.05, 4.69) is 15.9 Å². The molecule has 0 saturated heterocycles. The molecule has 0 bridgehead atoms. The molecule has 1 aromatic carbocycles. The summed E-state index contributed by atoms with van der Waals surface area (Å²) in [5.74, 6) is -0.293. The first-order chi connectivity index (χ1) is 7.18. The molecule has 1 atom stereocenters. The molecule has 4 heteroatoms. The lowest BCUT2D eigenvalue weighted by molar-refractivity contribution is 0.562. The van der Waals surface area contributed by atoms with E-state index in [1.165, 1.54) is 6.07 Å². The first-order valence-corrected chi connectivity index (χ1v) is 5.20. The monoisotopic (exact) mass is 269 g/mol. The molecule has 78 valence electrons. The molecule has 0 amide bonds. The predicted octanol–water partition coefficient (Wildman–Crippen LogP) is 3.23. The minimum atomic E-state index is -0.293. The van der Waals surface area contributed by atoms with Gasteiger partial charge in [0.1, 0.15) is 5.82 Å². The Kier molecular flexibility index (Phi) is 2.88. The second kappa shape index (κ2) is 4.16. The average Bonchev–Trinajstić information content (AvgIpc) is 2.74. The highest BCUT2D eigenvalue weighted by Gasteiger charge is 2.11. The third-order valence-electron chi connectivity index (χ3n) is 2.21. The molecule has 1 unspecified atom stereocenters. The van der Waals surface area contributed by atoms with Gasteiger partial charge in [0.25, 0.3) is 0 Å². The third-order valence-corrected chi connectivity index (χ3v) is 2.81. The van der Waals surface area contributed by atoms with Crippen molar-refractivity contribution in [1.29, 1.82) is 0 Å². The summed E-state index contributed by atoms with van der Waals surface area (Å²) in [6.07, 6.45) is 3.15. The zero-order valence-corrected chi connectivity index (χ0v) is 9.37. The van der Waals surface area contributed by atoms with Gasteiger partial charge in [0, 0.05) is 5.56 Å². The zero-order valence-electron chi connectivity index (χ0n) is 7.78. The number of benzene rings is 1. The molecule has 2 rings (SSSR count). The number of hydrogen-bond donors (Lipinski definition) is 1. The molecular formula is C11H9BrFNO. The van der Waals surface area contributed by atoms with Crippen LogP contribution in [0.3, 0.4) is 0 Å². The Bertz CT molecular complexity index is 456. The fourth-order valence-corrected chi connectivity index (χ4v) is 1.75. The number of nitrogens with two attached hydrogens (primary N) is 1. The maximum absolute atomic E-state index is 13.0. The van der Waals surface area contributed by atoms with Gasteiger partial charge in [-0.15, -0.1) is 0 Å². The molecule has 0 aliphatic carbocycles. The van der Waals surface area contributed by atoms with Gasteiger partial charge in [-0.1, -0.05) is 6.07 Å². The van der Waals surface area contributed by atoms with Gasteiger partial charge in [0.15, 0.2) is 0 Å². The zero-order chi connectivity index (χ0) is 10.8.